The molecule has 4 rings (SSSR count). The highest BCUT2D eigenvalue weighted by Crippen LogP contribution is 2.37. The van der Waals surface area contributed by atoms with E-state index in [0.29, 0.717) is 51.0 Å². The number of nitrogens with zero attached hydrogens (tertiary/aromatic N) is 3. The van der Waals surface area contributed by atoms with Gasteiger partial charge in [-0.1, -0.05) is 53.5 Å². The number of nitrogens with one attached hydrogen (secondary N) is 2. The third-order valence-corrected chi connectivity index (χ3v) is 6.14. The van der Waals surface area contributed by atoms with Gasteiger partial charge in [-0.25, -0.2) is 9.97 Å². The Morgan fingerprint density at radius 3 is 2.33 bits per heavy atom. The van der Waals surface area contributed by atoms with Crippen molar-refractivity contribution in [2.24, 2.45) is 0 Å². The number of para-hydroxylation sites is 2. The van der Waals surface area contributed by atoms with E-state index in [4.69, 9.17) is 33.7 Å². The third kappa shape index (κ3) is 5.46. The minimum absolute atomic E-state index is 0.333. The van der Waals surface area contributed by atoms with Gasteiger partial charge in [0.25, 0.3) is 0 Å². The average molecular weight is 519 g/mol. The second kappa shape index (κ2) is 11.2. The van der Waals surface area contributed by atoms with Gasteiger partial charge < -0.3 is 21.1 Å². The maximum absolute atomic E-state index is 9.86. The van der Waals surface area contributed by atoms with Crippen LogP contribution in [0.1, 0.15) is 29.5 Å². The summed E-state index contributed by atoms with van der Waals surface area (Å²) in [6.07, 6.45) is 1.42. The van der Waals surface area contributed by atoms with E-state index in [1.807, 2.05) is 56.3 Å². The number of anilines is 5. The number of nitrogen functional groups attached to an aromatic ring is 1. The van der Waals surface area contributed by atoms with E-state index in [2.05, 4.69) is 26.7 Å². The van der Waals surface area contributed by atoms with E-state index in [1.165, 1.54) is 6.33 Å². The zero-order valence-corrected chi connectivity index (χ0v) is 21.2. The Hall–Kier alpha value is -3.99. The van der Waals surface area contributed by atoms with Crippen LogP contribution in [0.25, 0.3) is 0 Å². The molecule has 0 aliphatic heterocycles. The minimum Gasteiger partial charge on any atom is -0.492 e. The fourth-order valence-corrected chi connectivity index (χ4v) is 4.14. The zero-order valence-electron chi connectivity index (χ0n) is 19.7. The van der Waals surface area contributed by atoms with E-state index in [0.717, 1.165) is 16.8 Å². The molecule has 0 fully saturated rings. The summed E-state index contributed by atoms with van der Waals surface area (Å²) >= 11 is 12.6. The van der Waals surface area contributed by atoms with Crippen molar-refractivity contribution >= 4 is 51.9 Å². The summed E-state index contributed by atoms with van der Waals surface area (Å²) in [6, 6.07) is 20.7. The number of rotatable bonds is 8. The first-order valence-electron chi connectivity index (χ1n) is 11.2. The lowest BCUT2D eigenvalue weighted by molar-refractivity contribution is 0.342. The number of nitrogens with two attached hydrogens (primary N) is 1. The fraction of sp³-hybridized carbons (Fsp3) is 0.148. The SMILES string of the molecule is CCOc1ccccc1Nc1ncnc(Nc2cc(Cl)c(C(C#N)c3ccc(Cl)cc3)cc2C)c1N. The van der Waals surface area contributed by atoms with E-state index in [-0.39, 0.29) is 0 Å². The summed E-state index contributed by atoms with van der Waals surface area (Å²) < 4.78 is 5.67. The standard InChI is InChI=1S/C27H24Cl2N6O/c1-3-36-24-7-5-4-6-22(24)34-26-25(31)27(33-15-32-26)35-23-13-21(29)19(12-16(23)2)20(14-30)17-8-10-18(28)11-9-17/h4-13,15,20H,3,31H2,1-2H3,(H2,32,33,34,35). The fourth-order valence-electron chi connectivity index (χ4n) is 3.74. The molecule has 1 unspecified atom stereocenters. The van der Waals surface area contributed by atoms with Crippen LogP contribution in [0.3, 0.4) is 0 Å². The maximum atomic E-state index is 9.86. The van der Waals surface area contributed by atoms with Crippen molar-refractivity contribution in [1.29, 1.82) is 5.26 Å². The summed E-state index contributed by atoms with van der Waals surface area (Å²) in [7, 11) is 0. The average Bonchev–Trinajstić information content (AvgIpc) is 2.87. The second-order valence-corrected chi connectivity index (χ2v) is 8.81. The van der Waals surface area contributed by atoms with Crippen LogP contribution in [0.15, 0.2) is 67.0 Å². The number of nitriles is 1. The number of benzene rings is 3. The van der Waals surface area contributed by atoms with Gasteiger partial charge in [-0.05, 0) is 60.9 Å². The molecule has 0 amide bonds. The highest BCUT2D eigenvalue weighted by atomic mass is 35.5. The lowest BCUT2D eigenvalue weighted by atomic mass is 9.91. The lowest BCUT2D eigenvalue weighted by Crippen LogP contribution is -2.07. The van der Waals surface area contributed by atoms with Crippen LogP contribution >= 0.6 is 23.2 Å². The van der Waals surface area contributed by atoms with Crippen molar-refractivity contribution < 1.29 is 4.74 Å². The van der Waals surface area contributed by atoms with Gasteiger partial charge in [-0.15, -0.1) is 0 Å². The quantitative estimate of drug-likeness (QED) is 0.226. The molecule has 182 valence electrons. The van der Waals surface area contributed by atoms with Crippen LogP contribution < -0.4 is 21.1 Å². The second-order valence-electron chi connectivity index (χ2n) is 7.97. The monoisotopic (exact) mass is 518 g/mol. The van der Waals surface area contributed by atoms with Crippen LogP contribution in [0.4, 0.5) is 28.7 Å². The van der Waals surface area contributed by atoms with Crippen LogP contribution in [-0.4, -0.2) is 16.6 Å². The number of hydrogen-bond donors (Lipinski definition) is 3. The first kappa shape index (κ1) is 25.1. The maximum Gasteiger partial charge on any atom is 0.159 e. The summed E-state index contributed by atoms with van der Waals surface area (Å²) in [5.41, 5.74) is 10.6. The molecule has 0 radical (unpaired) electrons. The van der Waals surface area contributed by atoms with Crippen molar-refractivity contribution in [1.82, 2.24) is 9.97 Å². The summed E-state index contributed by atoms with van der Waals surface area (Å²) in [4.78, 5) is 8.60. The smallest absolute Gasteiger partial charge is 0.159 e. The Morgan fingerprint density at radius 1 is 1.00 bits per heavy atom. The van der Waals surface area contributed by atoms with Gasteiger partial charge >= 0.3 is 0 Å². The Bertz CT molecular complexity index is 1420. The van der Waals surface area contributed by atoms with Crippen molar-refractivity contribution in [3.8, 4) is 11.8 Å². The van der Waals surface area contributed by atoms with Crippen LogP contribution in [0.2, 0.25) is 10.0 Å². The normalized spacial score (nSPS) is 11.4. The van der Waals surface area contributed by atoms with Gasteiger partial charge in [0.1, 0.15) is 17.8 Å². The molecule has 1 atom stereocenters. The van der Waals surface area contributed by atoms with Gasteiger partial charge in [0.05, 0.1) is 24.3 Å². The first-order valence-corrected chi connectivity index (χ1v) is 12.0. The Balaban J connectivity index is 1.61. The molecule has 0 aliphatic rings. The molecule has 0 spiro atoms. The summed E-state index contributed by atoms with van der Waals surface area (Å²) in [6.45, 7) is 4.38. The summed E-state index contributed by atoms with van der Waals surface area (Å²) in [5, 5.41) is 17.4. The molecule has 1 aromatic heterocycles. The minimum atomic E-state index is -0.534. The van der Waals surface area contributed by atoms with E-state index in [9.17, 15) is 5.26 Å². The number of aromatic nitrogens is 2. The summed E-state index contributed by atoms with van der Waals surface area (Å²) in [5.74, 6) is 1.02. The largest absolute Gasteiger partial charge is 0.492 e. The van der Waals surface area contributed by atoms with E-state index >= 15 is 0 Å². The van der Waals surface area contributed by atoms with Crippen LogP contribution in [0, 0.1) is 18.3 Å². The zero-order chi connectivity index (χ0) is 25.7. The van der Waals surface area contributed by atoms with Crippen molar-refractivity contribution in [2.45, 2.75) is 19.8 Å². The Morgan fingerprint density at radius 2 is 1.67 bits per heavy atom. The lowest BCUT2D eigenvalue weighted by Gasteiger charge is -2.18. The topological polar surface area (TPSA) is 109 Å². The highest BCUT2D eigenvalue weighted by Gasteiger charge is 2.19. The van der Waals surface area contributed by atoms with Crippen LogP contribution in [-0.2, 0) is 0 Å². The molecule has 4 N–H and O–H groups in total. The number of aryl methyl sites for hydroxylation is 1. The molecule has 9 heteroatoms. The molecule has 0 saturated heterocycles. The van der Waals surface area contributed by atoms with Gasteiger partial charge in [0.15, 0.2) is 11.6 Å². The van der Waals surface area contributed by atoms with E-state index in [1.54, 1.807) is 18.2 Å². The van der Waals surface area contributed by atoms with Crippen molar-refractivity contribution in [2.75, 3.05) is 23.0 Å². The predicted octanol–water partition coefficient (Wildman–Crippen LogP) is 7.22. The van der Waals surface area contributed by atoms with Crippen molar-refractivity contribution in [3.05, 3.63) is 93.7 Å². The molecule has 7 nitrogen and oxygen atoms in total. The molecule has 3 aromatic carbocycles. The van der Waals surface area contributed by atoms with Gasteiger partial charge in [-0.3, -0.25) is 0 Å². The van der Waals surface area contributed by atoms with Gasteiger partial charge in [0.2, 0.25) is 0 Å². The van der Waals surface area contributed by atoms with Gasteiger partial charge in [0, 0.05) is 15.7 Å². The molecule has 36 heavy (non-hydrogen) atoms. The Labute approximate surface area is 219 Å². The molecule has 0 aliphatic carbocycles. The number of hydrogen-bond acceptors (Lipinski definition) is 7. The van der Waals surface area contributed by atoms with Gasteiger partial charge in [-0.2, -0.15) is 5.26 Å². The third-order valence-electron chi connectivity index (χ3n) is 5.56. The van der Waals surface area contributed by atoms with E-state index < -0.39 is 5.92 Å². The molecule has 0 bridgehead atoms. The number of ether oxygens (including phenoxy) is 1. The number of halogens is 2. The molecule has 1 heterocycles. The predicted molar refractivity (Wildman–Crippen MR) is 146 cm³/mol. The molecular weight excluding hydrogens is 495 g/mol. The Kier molecular flexibility index (Phi) is 7.79. The van der Waals surface area contributed by atoms with Crippen molar-refractivity contribution in [3.63, 3.8) is 0 Å². The highest BCUT2D eigenvalue weighted by molar-refractivity contribution is 6.32. The molecule has 0 saturated carbocycles. The van der Waals surface area contributed by atoms with Crippen LogP contribution in [0.5, 0.6) is 5.75 Å². The first-order chi connectivity index (χ1) is 17.4. The molecular formula is C27H24Cl2N6O. The molecule has 4 aromatic rings.